The molecule has 3 aromatic carbocycles. The van der Waals surface area contributed by atoms with Crippen molar-refractivity contribution in [1.29, 1.82) is 0 Å². The summed E-state index contributed by atoms with van der Waals surface area (Å²) in [6.45, 7) is -0.465. The number of amides is 2. The summed E-state index contributed by atoms with van der Waals surface area (Å²) in [7, 11) is 1.36. The van der Waals surface area contributed by atoms with Crippen LogP contribution in [0.3, 0.4) is 0 Å². The van der Waals surface area contributed by atoms with Crippen LogP contribution < -0.4 is 9.47 Å². The highest BCUT2D eigenvalue weighted by atomic mass is 32.2. The van der Waals surface area contributed by atoms with Gasteiger partial charge in [-0.3, -0.25) is 39.5 Å². The van der Waals surface area contributed by atoms with Crippen molar-refractivity contribution in [2.45, 2.75) is 6.61 Å². The fourth-order valence-corrected chi connectivity index (χ4v) is 4.46. The standard InChI is InChI=1S/C26H19N3O9S/c1-37-22-11-18(20(29(35)36)13-23(22)38-15-16-5-3-2-4-6-16)12-24-25(31)27(26(32)39-24)14-21(30)17-7-9-19(10-8-17)28(33)34/h2-13H,14-15H2,1H3/b24-12+. The molecule has 0 N–H and O–H groups in total. The number of ether oxygens (including phenoxy) is 2. The third-order valence-electron chi connectivity index (χ3n) is 5.61. The number of nitrogens with zero attached hydrogens (tertiary/aromatic N) is 3. The smallest absolute Gasteiger partial charge is 0.293 e. The lowest BCUT2D eigenvalue weighted by atomic mass is 10.1. The molecule has 12 nitrogen and oxygen atoms in total. The number of imide groups is 1. The zero-order valence-electron chi connectivity index (χ0n) is 20.3. The lowest BCUT2D eigenvalue weighted by Gasteiger charge is -2.12. The minimum atomic E-state index is -0.807. The Morgan fingerprint density at radius 1 is 0.974 bits per heavy atom. The van der Waals surface area contributed by atoms with Gasteiger partial charge in [0.05, 0.1) is 40.0 Å². The van der Waals surface area contributed by atoms with E-state index in [-0.39, 0.29) is 45.5 Å². The van der Waals surface area contributed by atoms with E-state index in [9.17, 15) is 34.6 Å². The Hall–Kier alpha value is -5.04. The second-order valence-electron chi connectivity index (χ2n) is 8.09. The number of nitro benzene ring substituents is 2. The fourth-order valence-electron chi connectivity index (χ4n) is 3.63. The van der Waals surface area contributed by atoms with Gasteiger partial charge in [-0.15, -0.1) is 0 Å². The van der Waals surface area contributed by atoms with Crippen molar-refractivity contribution < 1.29 is 33.7 Å². The highest BCUT2D eigenvalue weighted by molar-refractivity contribution is 8.18. The van der Waals surface area contributed by atoms with Crippen molar-refractivity contribution in [1.82, 2.24) is 4.90 Å². The Kier molecular flexibility index (Phi) is 8.01. The van der Waals surface area contributed by atoms with E-state index in [0.717, 1.165) is 17.7 Å². The molecule has 4 rings (SSSR count). The molecule has 0 bridgehead atoms. The molecule has 198 valence electrons. The zero-order valence-corrected chi connectivity index (χ0v) is 21.1. The van der Waals surface area contributed by atoms with Crippen LogP contribution in [0.5, 0.6) is 11.5 Å². The highest BCUT2D eigenvalue weighted by Crippen LogP contribution is 2.39. The third-order valence-corrected chi connectivity index (χ3v) is 6.52. The van der Waals surface area contributed by atoms with Crippen LogP contribution >= 0.6 is 11.8 Å². The summed E-state index contributed by atoms with van der Waals surface area (Å²) < 4.78 is 11.1. The molecule has 0 radical (unpaired) electrons. The number of hydrogen-bond acceptors (Lipinski definition) is 10. The maximum absolute atomic E-state index is 12.9. The van der Waals surface area contributed by atoms with E-state index in [1.54, 1.807) is 0 Å². The molecule has 2 amide bonds. The van der Waals surface area contributed by atoms with Gasteiger partial charge in [0.1, 0.15) is 6.61 Å². The molecule has 1 aliphatic heterocycles. The van der Waals surface area contributed by atoms with Crippen LogP contribution in [0.25, 0.3) is 6.08 Å². The number of benzene rings is 3. The van der Waals surface area contributed by atoms with Crippen molar-refractivity contribution in [2.24, 2.45) is 0 Å². The summed E-state index contributed by atoms with van der Waals surface area (Å²) in [5, 5.41) is 21.9. The number of nitro groups is 2. The fraction of sp³-hybridized carbons (Fsp3) is 0.115. The van der Waals surface area contributed by atoms with E-state index in [1.165, 1.54) is 37.5 Å². The van der Waals surface area contributed by atoms with E-state index in [2.05, 4.69) is 0 Å². The molecule has 13 heteroatoms. The zero-order chi connectivity index (χ0) is 28.1. The number of hydrogen-bond donors (Lipinski definition) is 0. The largest absolute Gasteiger partial charge is 0.493 e. The molecule has 1 heterocycles. The summed E-state index contributed by atoms with van der Waals surface area (Å²) in [6, 6.07) is 16.4. The molecule has 3 aromatic rings. The van der Waals surface area contributed by atoms with Crippen LogP contribution in [0.15, 0.2) is 71.6 Å². The van der Waals surface area contributed by atoms with Gasteiger partial charge in [-0.25, -0.2) is 0 Å². The molecule has 1 aliphatic rings. The van der Waals surface area contributed by atoms with Crippen molar-refractivity contribution in [3.63, 3.8) is 0 Å². The number of rotatable bonds is 10. The summed E-state index contributed by atoms with van der Waals surface area (Å²) in [5.41, 5.74) is 0.316. The third kappa shape index (κ3) is 6.10. The van der Waals surface area contributed by atoms with Crippen LogP contribution in [-0.4, -0.2) is 45.3 Å². The van der Waals surface area contributed by atoms with Crippen LogP contribution in [0, 0.1) is 20.2 Å². The average molecular weight is 550 g/mol. The molecule has 0 aromatic heterocycles. The van der Waals surface area contributed by atoms with Gasteiger partial charge in [-0.05, 0) is 41.6 Å². The average Bonchev–Trinajstić information content (AvgIpc) is 3.19. The maximum atomic E-state index is 12.9. The highest BCUT2D eigenvalue weighted by Gasteiger charge is 2.37. The monoisotopic (exact) mass is 549 g/mol. The summed E-state index contributed by atoms with van der Waals surface area (Å²) in [5.74, 6) is -1.12. The number of carbonyl (C=O) groups excluding carboxylic acids is 3. The molecule has 1 fully saturated rings. The lowest BCUT2D eigenvalue weighted by molar-refractivity contribution is -0.385. The Bertz CT molecular complexity index is 1510. The molecule has 0 unspecified atom stereocenters. The Balaban J connectivity index is 1.56. The lowest BCUT2D eigenvalue weighted by Crippen LogP contribution is -2.33. The number of Topliss-reactive ketones (excluding diaryl/α,β-unsaturated/α-hetero) is 1. The van der Waals surface area contributed by atoms with Gasteiger partial charge in [0.2, 0.25) is 0 Å². The summed E-state index contributed by atoms with van der Waals surface area (Å²) >= 11 is 0.528. The van der Waals surface area contributed by atoms with Gasteiger partial charge >= 0.3 is 0 Å². The molecular weight excluding hydrogens is 530 g/mol. The number of ketones is 1. The quantitative estimate of drug-likeness (QED) is 0.146. The second-order valence-corrected chi connectivity index (χ2v) is 9.08. The Morgan fingerprint density at radius 2 is 1.67 bits per heavy atom. The van der Waals surface area contributed by atoms with Gasteiger partial charge in [0.25, 0.3) is 22.5 Å². The van der Waals surface area contributed by atoms with E-state index in [4.69, 9.17) is 9.47 Å². The van der Waals surface area contributed by atoms with Crippen molar-refractivity contribution in [3.8, 4) is 11.5 Å². The van der Waals surface area contributed by atoms with Gasteiger partial charge in [0.15, 0.2) is 17.3 Å². The van der Waals surface area contributed by atoms with Crippen molar-refractivity contribution in [2.75, 3.05) is 13.7 Å². The predicted octanol–water partition coefficient (Wildman–Crippen LogP) is 5.01. The van der Waals surface area contributed by atoms with Crippen molar-refractivity contribution >= 4 is 46.1 Å². The van der Waals surface area contributed by atoms with Crippen molar-refractivity contribution in [3.05, 3.63) is 109 Å². The Morgan fingerprint density at radius 3 is 2.28 bits per heavy atom. The first kappa shape index (κ1) is 27.0. The predicted molar refractivity (Wildman–Crippen MR) is 141 cm³/mol. The molecule has 0 aliphatic carbocycles. The van der Waals surface area contributed by atoms with E-state index < -0.39 is 33.3 Å². The van der Waals surface area contributed by atoms with Crippen LogP contribution in [0.1, 0.15) is 21.5 Å². The first-order chi connectivity index (χ1) is 18.7. The molecular formula is C26H19N3O9S. The first-order valence-corrected chi connectivity index (χ1v) is 12.1. The number of non-ortho nitro benzene ring substituents is 1. The van der Waals surface area contributed by atoms with Gasteiger partial charge in [-0.1, -0.05) is 30.3 Å². The van der Waals surface area contributed by atoms with Crippen LogP contribution in [-0.2, 0) is 11.4 Å². The minimum Gasteiger partial charge on any atom is -0.493 e. The molecule has 0 saturated carbocycles. The van der Waals surface area contributed by atoms with Crippen LogP contribution in [0.2, 0.25) is 0 Å². The molecule has 1 saturated heterocycles. The number of methoxy groups -OCH3 is 1. The van der Waals surface area contributed by atoms with Gasteiger partial charge < -0.3 is 9.47 Å². The normalized spacial score (nSPS) is 14.0. The first-order valence-electron chi connectivity index (χ1n) is 11.2. The van der Waals surface area contributed by atoms with Gasteiger partial charge in [0, 0.05) is 17.7 Å². The minimum absolute atomic E-state index is 0.00361. The van der Waals surface area contributed by atoms with Crippen LogP contribution in [0.4, 0.5) is 16.2 Å². The summed E-state index contributed by atoms with van der Waals surface area (Å²) in [6.07, 6.45) is 1.18. The van der Waals surface area contributed by atoms with E-state index >= 15 is 0 Å². The summed E-state index contributed by atoms with van der Waals surface area (Å²) in [4.78, 5) is 60.0. The van der Waals surface area contributed by atoms with E-state index in [0.29, 0.717) is 16.7 Å². The number of thioether (sulfide) groups is 1. The van der Waals surface area contributed by atoms with E-state index in [1.807, 2.05) is 30.3 Å². The number of carbonyl (C=O) groups is 3. The second kappa shape index (κ2) is 11.6. The molecule has 0 spiro atoms. The molecule has 0 atom stereocenters. The van der Waals surface area contributed by atoms with Gasteiger partial charge in [-0.2, -0.15) is 0 Å². The SMILES string of the molecule is COc1cc(/C=C2/SC(=O)N(CC(=O)c3ccc([N+](=O)[O-])cc3)C2=O)c([N+](=O)[O-])cc1OCc1ccccc1. The molecule has 39 heavy (non-hydrogen) atoms. The topological polar surface area (TPSA) is 159 Å². The Labute approximate surface area is 225 Å². The maximum Gasteiger partial charge on any atom is 0.293 e.